The number of hydrogen-bond donors (Lipinski definition) is 3. The summed E-state index contributed by atoms with van der Waals surface area (Å²) in [5, 5.41) is 18.2. The van der Waals surface area contributed by atoms with Crippen LogP contribution in [-0.4, -0.2) is 43.1 Å². The molecular formula is C20H31N7O3. The van der Waals surface area contributed by atoms with Gasteiger partial charge in [-0.3, -0.25) is 4.98 Å². The topological polar surface area (TPSA) is 151 Å². The van der Waals surface area contributed by atoms with Gasteiger partial charge in [-0.2, -0.15) is 0 Å². The molecule has 0 aliphatic heterocycles. The quantitative estimate of drug-likeness (QED) is 0.476. The fourth-order valence-corrected chi connectivity index (χ4v) is 3.61. The van der Waals surface area contributed by atoms with E-state index < -0.39 is 5.60 Å². The van der Waals surface area contributed by atoms with E-state index in [-0.39, 0.29) is 11.7 Å². The fraction of sp³-hybridized carbons (Fsp3) is 0.600. The summed E-state index contributed by atoms with van der Waals surface area (Å²) < 4.78 is 12.8. The molecule has 10 heteroatoms. The zero-order valence-electron chi connectivity index (χ0n) is 18.2. The molecule has 0 amide bonds. The number of hydrogen-bond acceptors (Lipinski definition) is 9. The zero-order valence-corrected chi connectivity index (χ0v) is 18.2. The Morgan fingerprint density at radius 3 is 2.57 bits per heavy atom. The van der Waals surface area contributed by atoms with E-state index in [4.69, 9.17) is 25.8 Å². The number of rotatable bonds is 9. The third-order valence-electron chi connectivity index (χ3n) is 4.97. The molecule has 0 aromatic carbocycles. The number of pyridine rings is 1. The third kappa shape index (κ3) is 4.24. The maximum Gasteiger partial charge on any atom is 0.199 e. The zero-order chi connectivity index (χ0) is 22.1. The highest BCUT2D eigenvalue weighted by Gasteiger charge is 2.29. The summed E-state index contributed by atoms with van der Waals surface area (Å²) in [5.74, 6) is 1.93. The molecule has 0 bridgehead atoms. The van der Waals surface area contributed by atoms with Crippen LogP contribution in [0, 0.1) is 11.8 Å². The summed E-state index contributed by atoms with van der Waals surface area (Å²) in [6.45, 7) is 11.2. The van der Waals surface area contributed by atoms with Gasteiger partial charge in [0.15, 0.2) is 23.1 Å². The van der Waals surface area contributed by atoms with Gasteiger partial charge in [-0.1, -0.05) is 13.8 Å². The first kappa shape index (κ1) is 22.0. The lowest BCUT2D eigenvalue weighted by Gasteiger charge is -2.20. The summed E-state index contributed by atoms with van der Waals surface area (Å²) in [4.78, 5) is 9.17. The molecule has 3 aromatic rings. The van der Waals surface area contributed by atoms with Gasteiger partial charge in [0, 0.05) is 12.5 Å². The lowest BCUT2D eigenvalue weighted by Crippen LogP contribution is -2.23. The molecule has 164 valence electrons. The predicted molar refractivity (Wildman–Crippen MR) is 114 cm³/mol. The molecule has 0 aliphatic carbocycles. The van der Waals surface area contributed by atoms with Gasteiger partial charge in [0.1, 0.15) is 16.6 Å². The number of fused-ring (bicyclic) bond motifs is 1. The lowest BCUT2D eigenvalue weighted by atomic mass is 9.98. The summed E-state index contributed by atoms with van der Waals surface area (Å²) in [6.07, 6.45) is 2.59. The first-order valence-corrected chi connectivity index (χ1v) is 10.2. The molecule has 0 fully saturated rings. The van der Waals surface area contributed by atoms with Crippen LogP contribution < -0.4 is 16.2 Å². The molecule has 0 spiro atoms. The smallest absolute Gasteiger partial charge is 0.199 e. The van der Waals surface area contributed by atoms with Crippen molar-refractivity contribution in [2.45, 2.75) is 53.2 Å². The molecule has 0 saturated heterocycles. The minimum Gasteiger partial charge on any atom is -0.489 e. The number of nitrogens with two attached hydrogens (primary N) is 2. The molecule has 5 N–H and O–H groups in total. The van der Waals surface area contributed by atoms with Gasteiger partial charge in [0.25, 0.3) is 0 Å². The average molecular weight is 418 g/mol. The van der Waals surface area contributed by atoms with E-state index in [1.165, 1.54) is 0 Å². The number of aliphatic hydroxyl groups is 1. The van der Waals surface area contributed by atoms with Gasteiger partial charge in [0.05, 0.1) is 18.5 Å². The molecule has 3 rings (SSSR count). The minimum atomic E-state index is -1.20. The van der Waals surface area contributed by atoms with Crippen LogP contribution in [0.2, 0.25) is 0 Å². The van der Waals surface area contributed by atoms with Gasteiger partial charge in [-0.15, -0.1) is 0 Å². The van der Waals surface area contributed by atoms with E-state index in [2.05, 4.69) is 29.1 Å². The fourth-order valence-electron chi connectivity index (χ4n) is 3.61. The number of aromatic nitrogens is 5. The van der Waals surface area contributed by atoms with Gasteiger partial charge >= 0.3 is 0 Å². The van der Waals surface area contributed by atoms with Crippen molar-refractivity contribution in [1.82, 2.24) is 24.8 Å². The van der Waals surface area contributed by atoms with E-state index in [0.29, 0.717) is 59.6 Å². The Hall–Kier alpha value is -2.72. The second kappa shape index (κ2) is 8.57. The second-order valence-corrected chi connectivity index (χ2v) is 8.45. The van der Waals surface area contributed by atoms with Crippen LogP contribution in [0.15, 0.2) is 10.8 Å². The van der Waals surface area contributed by atoms with Crippen molar-refractivity contribution in [3.05, 3.63) is 11.9 Å². The molecule has 3 aromatic heterocycles. The largest absolute Gasteiger partial charge is 0.489 e. The van der Waals surface area contributed by atoms with Crippen molar-refractivity contribution in [2.24, 2.45) is 17.6 Å². The number of aryl methyl sites for hydroxylation is 1. The number of nitrogen functional groups attached to an aromatic ring is 1. The molecule has 30 heavy (non-hydrogen) atoms. The Morgan fingerprint density at radius 2 is 2.03 bits per heavy atom. The van der Waals surface area contributed by atoms with Crippen LogP contribution >= 0.6 is 0 Å². The monoisotopic (exact) mass is 417 g/mol. The Labute approximate surface area is 175 Å². The molecular weight excluding hydrogens is 386 g/mol. The van der Waals surface area contributed by atoms with Gasteiger partial charge in [0.2, 0.25) is 0 Å². The van der Waals surface area contributed by atoms with Crippen LogP contribution in [-0.2, 0) is 12.1 Å². The lowest BCUT2D eigenvalue weighted by molar-refractivity contribution is 0.0753. The van der Waals surface area contributed by atoms with Gasteiger partial charge in [-0.25, -0.2) is 9.61 Å². The number of imidazole rings is 1. The standard InChI is InChI=1S/C20H31N7O3/c1-6-27-16-13(29-10-12(8-21)7-11(2)3)9-23-17(20(4,5)28)14(16)24-19(27)15-18(22)26-30-25-15/h9,11-12,28H,6-8,10,21H2,1-5H3,(H2,22,26). The molecule has 0 saturated carbocycles. The molecule has 3 heterocycles. The van der Waals surface area contributed by atoms with Gasteiger partial charge in [-0.05, 0) is 50.0 Å². The molecule has 0 aliphatic rings. The number of ether oxygens (including phenoxy) is 1. The Morgan fingerprint density at radius 1 is 1.30 bits per heavy atom. The average Bonchev–Trinajstić information content (AvgIpc) is 3.26. The van der Waals surface area contributed by atoms with Crippen molar-refractivity contribution in [3.63, 3.8) is 0 Å². The maximum absolute atomic E-state index is 10.7. The number of nitrogens with zero attached hydrogens (tertiary/aromatic N) is 5. The highest BCUT2D eigenvalue weighted by Crippen LogP contribution is 2.36. The van der Waals surface area contributed by atoms with Crippen LogP contribution in [0.25, 0.3) is 22.6 Å². The summed E-state index contributed by atoms with van der Waals surface area (Å²) in [7, 11) is 0. The molecule has 10 nitrogen and oxygen atoms in total. The Kier molecular flexibility index (Phi) is 6.27. The third-order valence-corrected chi connectivity index (χ3v) is 4.97. The summed E-state index contributed by atoms with van der Waals surface area (Å²) >= 11 is 0. The summed E-state index contributed by atoms with van der Waals surface area (Å²) in [6, 6.07) is 0. The highest BCUT2D eigenvalue weighted by molar-refractivity contribution is 5.88. The van der Waals surface area contributed by atoms with Crippen molar-refractivity contribution in [2.75, 3.05) is 18.9 Å². The Balaban J connectivity index is 2.14. The van der Waals surface area contributed by atoms with Crippen LogP contribution in [0.4, 0.5) is 5.82 Å². The molecule has 1 unspecified atom stereocenters. The van der Waals surface area contributed by atoms with Crippen molar-refractivity contribution >= 4 is 16.9 Å². The van der Waals surface area contributed by atoms with Gasteiger partial charge < -0.3 is 25.9 Å². The van der Waals surface area contributed by atoms with Crippen molar-refractivity contribution in [1.29, 1.82) is 0 Å². The number of anilines is 1. The molecule has 1 atom stereocenters. The summed E-state index contributed by atoms with van der Waals surface area (Å²) in [5.41, 5.74) is 12.6. The van der Waals surface area contributed by atoms with E-state index in [0.717, 1.165) is 6.42 Å². The van der Waals surface area contributed by atoms with E-state index in [9.17, 15) is 5.11 Å². The first-order valence-electron chi connectivity index (χ1n) is 10.2. The van der Waals surface area contributed by atoms with E-state index in [1.807, 2.05) is 11.5 Å². The first-order chi connectivity index (χ1) is 14.2. The van der Waals surface area contributed by atoms with E-state index >= 15 is 0 Å². The molecule has 0 radical (unpaired) electrons. The van der Waals surface area contributed by atoms with Crippen molar-refractivity contribution in [3.8, 4) is 17.3 Å². The van der Waals surface area contributed by atoms with Crippen LogP contribution in [0.1, 0.15) is 46.7 Å². The maximum atomic E-state index is 10.7. The SMILES string of the molecule is CCn1c(-c2nonc2N)nc2c(C(C)(C)O)ncc(OCC(CN)CC(C)C)c21. The predicted octanol–water partition coefficient (Wildman–Crippen LogP) is 2.31. The van der Waals surface area contributed by atoms with Crippen LogP contribution in [0.3, 0.4) is 0 Å². The normalized spacial score (nSPS) is 13.3. The van der Waals surface area contributed by atoms with E-state index in [1.54, 1.807) is 20.0 Å². The highest BCUT2D eigenvalue weighted by atomic mass is 16.6. The van der Waals surface area contributed by atoms with Crippen LogP contribution in [0.5, 0.6) is 5.75 Å². The Bertz CT molecular complexity index is 1000. The second-order valence-electron chi connectivity index (χ2n) is 8.45. The minimum absolute atomic E-state index is 0.139. The van der Waals surface area contributed by atoms with Crippen molar-refractivity contribution < 1.29 is 14.5 Å².